The van der Waals surface area contributed by atoms with Gasteiger partial charge in [0.25, 0.3) is 0 Å². The Morgan fingerprint density at radius 3 is 2.67 bits per heavy atom. The van der Waals surface area contributed by atoms with Gasteiger partial charge in [0.05, 0.1) is 6.04 Å². The van der Waals surface area contributed by atoms with Crippen LogP contribution in [0.15, 0.2) is 35.9 Å². The van der Waals surface area contributed by atoms with Gasteiger partial charge in [0.2, 0.25) is 0 Å². The average Bonchev–Trinajstić information content (AvgIpc) is 2.45. The van der Waals surface area contributed by atoms with Crippen LogP contribution in [0.3, 0.4) is 0 Å². The minimum Gasteiger partial charge on any atom is -0.492 e. The summed E-state index contributed by atoms with van der Waals surface area (Å²) >= 11 is 5.90. The number of likely N-dealkylation sites (N-methyl/N-ethyl adjacent to an activating group) is 1. The van der Waals surface area contributed by atoms with Crippen molar-refractivity contribution < 1.29 is 4.74 Å². The van der Waals surface area contributed by atoms with Crippen LogP contribution in [0.2, 0.25) is 5.02 Å². The topological polar surface area (TPSA) is 21.3 Å². The van der Waals surface area contributed by atoms with E-state index >= 15 is 0 Å². The maximum Gasteiger partial charge on any atom is 0.119 e. The van der Waals surface area contributed by atoms with E-state index in [1.54, 1.807) is 0 Å². The predicted molar refractivity (Wildman–Crippen MR) is 90.2 cm³/mol. The molecule has 2 nitrogen and oxygen atoms in total. The lowest BCUT2D eigenvalue weighted by atomic mass is 9.95. The predicted octanol–water partition coefficient (Wildman–Crippen LogP) is 4.98. The molecule has 0 saturated heterocycles. The van der Waals surface area contributed by atoms with Crippen molar-refractivity contribution in [1.29, 1.82) is 0 Å². The minimum absolute atomic E-state index is 0.323. The van der Waals surface area contributed by atoms with E-state index < -0.39 is 0 Å². The van der Waals surface area contributed by atoms with E-state index in [1.165, 1.54) is 44.1 Å². The Balaban J connectivity index is 1.95. The van der Waals surface area contributed by atoms with E-state index in [9.17, 15) is 0 Å². The van der Waals surface area contributed by atoms with Gasteiger partial charge in [-0.3, -0.25) is 0 Å². The van der Waals surface area contributed by atoms with Crippen molar-refractivity contribution in [2.45, 2.75) is 51.5 Å². The van der Waals surface area contributed by atoms with Gasteiger partial charge >= 0.3 is 0 Å². The molecule has 1 aromatic carbocycles. The first-order valence-corrected chi connectivity index (χ1v) is 8.48. The fourth-order valence-corrected chi connectivity index (χ4v) is 2.91. The summed E-state index contributed by atoms with van der Waals surface area (Å²) in [6.45, 7) is 3.80. The Bertz CT molecular complexity index is 441. The van der Waals surface area contributed by atoms with Gasteiger partial charge in [-0.2, -0.15) is 0 Å². The third-order valence-electron chi connectivity index (χ3n) is 3.95. The van der Waals surface area contributed by atoms with Gasteiger partial charge in [0, 0.05) is 5.02 Å². The molecule has 2 rings (SSSR count). The molecule has 1 N–H and O–H groups in total. The van der Waals surface area contributed by atoms with E-state index in [2.05, 4.69) is 18.3 Å². The van der Waals surface area contributed by atoms with Crippen molar-refractivity contribution in [3.63, 3.8) is 0 Å². The third-order valence-corrected chi connectivity index (χ3v) is 4.21. The van der Waals surface area contributed by atoms with E-state index in [-0.39, 0.29) is 0 Å². The molecule has 0 fully saturated rings. The third kappa shape index (κ3) is 5.72. The zero-order valence-electron chi connectivity index (χ0n) is 12.9. The van der Waals surface area contributed by atoms with Gasteiger partial charge in [-0.25, -0.2) is 0 Å². The first kappa shape index (κ1) is 16.4. The Labute approximate surface area is 133 Å². The number of allylic oxidation sites excluding steroid dienone is 1. The molecular weight excluding hydrogens is 282 g/mol. The number of halogens is 1. The molecule has 0 bridgehead atoms. The summed E-state index contributed by atoms with van der Waals surface area (Å²) in [4.78, 5) is 0. The van der Waals surface area contributed by atoms with Crippen molar-refractivity contribution >= 4 is 11.6 Å². The standard InChI is InChI=1S/C18H26ClNO/c1-2-20-18(15-8-6-4-3-5-7-9-15)14-21-17-12-10-16(19)11-13-17/h8,10-13,18,20H,2-7,9,14H2,1H3/b15-8+. The lowest BCUT2D eigenvalue weighted by Crippen LogP contribution is -2.36. The molecule has 0 amide bonds. The lowest BCUT2D eigenvalue weighted by molar-refractivity contribution is 0.279. The van der Waals surface area contributed by atoms with Crippen LogP contribution in [-0.4, -0.2) is 19.2 Å². The highest BCUT2D eigenvalue weighted by Crippen LogP contribution is 2.21. The molecule has 0 aromatic heterocycles. The van der Waals surface area contributed by atoms with Crippen LogP contribution in [-0.2, 0) is 0 Å². The SMILES string of the molecule is CCNC(COc1ccc(Cl)cc1)/C1=C/CCCCCC1. The van der Waals surface area contributed by atoms with Crippen LogP contribution in [0.25, 0.3) is 0 Å². The zero-order chi connectivity index (χ0) is 14.9. The van der Waals surface area contributed by atoms with Crippen LogP contribution >= 0.6 is 11.6 Å². The largest absolute Gasteiger partial charge is 0.492 e. The van der Waals surface area contributed by atoms with Crippen molar-refractivity contribution in [3.8, 4) is 5.75 Å². The zero-order valence-corrected chi connectivity index (χ0v) is 13.7. The van der Waals surface area contributed by atoms with E-state index in [0.29, 0.717) is 12.6 Å². The maximum atomic E-state index is 5.94. The number of rotatable bonds is 6. The Hall–Kier alpha value is -0.990. The molecular formula is C18H26ClNO. The number of hydrogen-bond acceptors (Lipinski definition) is 2. The highest BCUT2D eigenvalue weighted by Gasteiger charge is 2.15. The van der Waals surface area contributed by atoms with Crippen LogP contribution in [0, 0.1) is 0 Å². The summed E-state index contributed by atoms with van der Waals surface area (Å²) in [7, 11) is 0. The molecule has 1 aliphatic rings. The molecule has 1 atom stereocenters. The molecule has 1 aliphatic carbocycles. The summed E-state index contributed by atoms with van der Waals surface area (Å²) in [6, 6.07) is 7.92. The Kier molecular flexibility index (Phi) is 7.11. The normalized spacial score (nSPS) is 20.0. The molecule has 1 aromatic rings. The molecule has 1 unspecified atom stereocenters. The molecule has 0 aliphatic heterocycles. The average molecular weight is 308 g/mol. The van der Waals surface area contributed by atoms with Crippen LogP contribution in [0.5, 0.6) is 5.75 Å². The van der Waals surface area contributed by atoms with Crippen molar-refractivity contribution in [2.24, 2.45) is 0 Å². The molecule has 116 valence electrons. The Morgan fingerprint density at radius 2 is 1.90 bits per heavy atom. The van der Waals surface area contributed by atoms with Gasteiger partial charge < -0.3 is 10.1 Å². The summed E-state index contributed by atoms with van der Waals surface area (Å²) in [5.74, 6) is 0.883. The molecule has 0 saturated carbocycles. The smallest absolute Gasteiger partial charge is 0.119 e. The maximum absolute atomic E-state index is 5.94. The van der Waals surface area contributed by atoms with E-state index in [0.717, 1.165) is 17.3 Å². The highest BCUT2D eigenvalue weighted by molar-refractivity contribution is 6.30. The number of benzene rings is 1. The monoisotopic (exact) mass is 307 g/mol. The summed E-state index contributed by atoms with van der Waals surface area (Å²) in [5.41, 5.74) is 1.52. The first-order chi connectivity index (χ1) is 10.3. The van der Waals surface area contributed by atoms with Crippen molar-refractivity contribution in [2.75, 3.05) is 13.2 Å². The van der Waals surface area contributed by atoms with Gasteiger partial charge in [0.1, 0.15) is 12.4 Å². The molecule has 0 spiro atoms. The highest BCUT2D eigenvalue weighted by atomic mass is 35.5. The number of nitrogens with one attached hydrogen (secondary N) is 1. The van der Waals surface area contributed by atoms with Crippen molar-refractivity contribution in [3.05, 3.63) is 40.9 Å². The number of hydrogen-bond donors (Lipinski definition) is 1. The second-order valence-electron chi connectivity index (χ2n) is 5.61. The van der Waals surface area contributed by atoms with E-state index in [4.69, 9.17) is 16.3 Å². The quantitative estimate of drug-likeness (QED) is 0.749. The van der Waals surface area contributed by atoms with Gasteiger partial charge in [-0.15, -0.1) is 0 Å². The fraction of sp³-hybridized carbons (Fsp3) is 0.556. The molecule has 21 heavy (non-hydrogen) atoms. The minimum atomic E-state index is 0.323. The van der Waals surface area contributed by atoms with Gasteiger partial charge in [-0.1, -0.05) is 43.0 Å². The number of ether oxygens (including phenoxy) is 1. The summed E-state index contributed by atoms with van der Waals surface area (Å²) in [6.07, 6.45) is 10.2. The van der Waals surface area contributed by atoms with Crippen molar-refractivity contribution in [1.82, 2.24) is 5.32 Å². The second-order valence-corrected chi connectivity index (χ2v) is 6.04. The van der Waals surface area contributed by atoms with Gasteiger partial charge in [-0.05, 0) is 56.5 Å². The van der Waals surface area contributed by atoms with Crippen LogP contribution < -0.4 is 10.1 Å². The summed E-state index contributed by atoms with van der Waals surface area (Å²) in [5, 5.41) is 4.31. The fourth-order valence-electron chi connectivity index (χ4n) is 2.79. The summed E-state index contributed by atoms with van der Waals surface area (Å²) < 4.78 is 5.94. The molecule has 3 heteroatoms. The molecule has 0 radical (unpaired) electrons. The van der Waals surface area contributed by atoms with Crippen LogP contribution in [0.1, 0.15) is 45.4 Å². The second kappa shape index (κ2) is 9.11. The first-order valence-electron chi connectivity index (χ1n) is 8.10. The molecule has 0 heterocycles. The van der Waals surface area contributed by atoms with Crippen LogP contribution in [0.4, 0.5) is 0 Å². The van der Waals surface area contributed by atoms with E-state index in [1.807, 2.05) is 24.3 Å². The lowest BCUT2D eigenvalue weighted by Gasteiger charge is -2.23. The van der Waals surface area contributed by atoms with Gasteiger partial charge in [0.15, 0.2) is 0 Å². The Morgan fingerprint density at radius 1 is 1.14 bits per heavy atom.